The molecule has 19 heavy (non-hydrogen) atoms. The maximum atomic E-state index is 11.6. The predicted octanol–water partition coefficient (Wildman–Crippen LogP) is 0.978. The number of nitro groups is 1. The molecule has 1 heterocycles. The minimum atomic E-state index is -0.502. The number of nitro benzene ring substituents is 1. The highest BCUT2D eigenvalue weighted by atomic mass is 16.6. The molecule has 0 spiro atoms. The standard InChI is InChI=1S/C12H12N2O5/c1-13-11(15)6-8(12(13)16)7-19-10-4-2-9(3-5-10)14(17)18/h2-5,8H,6-7H2,1H3. The lowest BCUT2D eigenvalue weighted by Gasteiger charge is -2.10. The van der Waals surface area contributed by atoms with Crippen molar-refractivity contribution in [2.45, 2.75) is 6.42 Å². The minimum Gasteiger partial charge on any atom is -0.493 e. The number of amides is 2. The summed E-state index contributed by atoms with van der Waals surface area (Å²) in [6.07, 6.45) is 0.141. The number of imide groups is 1. The molecule has 1 atom stereocenters. The fourth-order valence-electron chi connectivity index (χ4n) is 1.82. The van der Waals surface area contributed by atoms with Crippen LogP contribution < -0.4 is 4.74 Å². The molecule has 0 N–H and O–H groups in total. The molecule has 1 saturated heterocycles. The zero-order chi connectivity index (χ0) is 14.0. The second-order valence-electron chi connectivity index (χ2n) is 4.25. The molecule has 0 aliphatic carbocycles. The van der Waals surface area contributed by atoms with Gasteiger partial charge in [0.25, 0.3) is 5.69 Å². The summed E-state index contributed by atoms with van der Waals surface area (Å²) in [6.45, 7) is 0.0900. The summed E-state index contributed by atoms with van der Waals surface area (Å²) < 4.78 is 5.37. The average Bonchev–Trinajstić information content (AvgIpc) is 2.64. The van der Waals surface area contributed by atoms with Gasteiger partial charge in [-0.05, 0) is 12.1 Å². The lowest BCUT2D eigenvalue weighted by molar-refractivity contribution is -0.384. The SMILES string of the molecule is CN1C(=O)CC(COc2ccc([N+](=O)[O-])cc2)C1=O. The van der Waals surface area contributed by atoms with Crippen molar-refractivity contribution in [3.05, 3.63) is 34.4 Å². The number of nitrogens with zero attached hydrogens (tertiary/aromatic N) is 2. The summed E-state index contributed by atoms with van der Waals surface area (Å²) in [5.74, 6) is -0.526. The van der Waals surface area contributed by atoms with Gasteiger partial charge in [-0.2, -0.15) is 0 Å². The van der Waals surface area contributed by atoms with Crippen LogP contribution >= 0.6 is 0 Å². The van der Waals surface area contributed by atoms with Gasteiger partial charge in [-0.3, -0.25) is 24.6 Å². The summed E-state index contributed by atoms with van der Waals surface area (Å²) in [6, 6.07) is 5.57. The third-order valence-corrected chi connectivity index (χ3v) is 2.97. The van der Waals surface area contributed by atoms with Crippen molar-refractivity contribution in [1.82, 2.24) is 4.90 Å². The van der Waals surface area contributed by atoms with Gasteiger partial charge >= 0.3 is 0 Å². The van der Waals surface area contributed by atoms with Gasteiger partial charge in [0.15, 0.2) is 0 Å². The van der Waals surface area contributed by atoms with Crippen LogP contribution in [0.5, 0.6) is 5.75 Å². The number of ether oxygens (including phenoxy) is 1. The number of hydrogen-bond acceptors (Lipinski definition) is 5. The Labute approximate surface area is 108 Å². The Morgan fingerprint density at radius 3 is 2.47 bits per heavy atom. The number of hydrogen-bond donors (Lipinski definition) is 0. The van der Waals surface area contributed by atoms with Crippen molar-refractivity contribution in [1.29, 1.82) is 0 Å². The van der Waals surface area contributed by atoms with Crippen LogP contribution in [0.2, 0.25) is 0 Å². The highest BCUT2D eigenvalue weighted by Crippen LogP contribution is 2.21. The maximum absolute atomic E-state index is 11.6. The van der Waals surface area contributed by atoms with E-state index in [1.54, 1.807) is 0 Å². The summed E-state index contributed by atoms with van der Waals surface area (Å²) in [5.41, 5.74) is -0.0285. The molecule has 7 nitrogen and oxygen atoms in total. The summed E-state index contributed by atoms with van der Waals surface area (Å²) in [4.78, 5) is 34.0. The van der Waals surface area contributed by atoms with Crippen molar-refractivity contribution in [3.8, 4) is 5.75 Å². The van der Waals surface area contributed by atoms with E-state index in [4.69, 9.17) is 4.74 Å². The second kappa shape index (κ2) is 5.05. The number of carbonyl (C=O) groups excluding carboxylic acids is 2. The van der Waals surface area contributed by atoms with Gasteiger partial charge in [0.1, 0.15) is 12.4 Å². The van der Waals surface area contributed by atoms with Gasteiger partial charge in [-0.15, -0.1) is 0 Å². The van der Waals surface area contributed by atoms with E-state index >= 15 is 0 Å². The van der Waals surface area contributed by atoms with Crippen LogP contribution in [0.25, 0.3) is 0 Å². The van der Waals surface area contributed by atoms with Gasteiger partial charge in [-0.1, -0.05) is 0 Å². The van der Waals surface area contributed by atoms with E-state index in [9.17, 15) is 19.7 Å². The Kier molecular flexibility index (Phi) is 3.46. The molecule has 7 heteroatoms. The third kappa shape index (κ3) is 2.70. The molecule has 0 saturated carbocycles. The van der Waals surface area contributed by atoms with Gasteiger partial charge in [0, 0.05) is 25.6 Å². The first-order valence-corrected chi connectivity index (χ1v) is 5.66. The number of rotatable bonds is 4. The largest absolute Gasteiger partial charge is 0.493 e. The first-order chi connectivity index (χ1) is 8.99. The van der Waals surface area contributed by atoms with Crippen LogP contribution in [-0.4, -0.2) is 35.3 Å². The number of benzene rings is 1. The van der Waals surface area contributed by atoms with E-state index in [1.165, 1.54) is 31.3 Å². The fraction of sp³-hybridized carbons (Fsp3) is 0.333. The van der Waals surface area contributed by atoms with Crippen molar-refractivity contribution >= 4 is 17.5 Å². The van der Waals surface area contributed by atoms with Gasteiger partial charge in [0.05, 0.1) is 10.8 Å². The van der Waals surface area contributed by atoms with E-state index in [2.05, 4.69) is 0 Å². The van der Waals surface area contributed by atoms with Crippen molar-refractivity contribution in [2.24, 2.45) is 5.92 Å². The van der Waals surface area contributed by atoms with Crippen LogP contribution in [0, 0.1) is 16.0 Å². The monoisotopic (exact) mass is 264 g/mol. The van der Waals surface area contributed by atoms with E-state index in [0.717, 1.165) is 4.90 Å². The molecule has 0 bridgehead atoms. The molecule has 2 amide bonds. The van der Waals surface area contributed by atoms with Crippen molar-refractivity contribution in [3.63, 3.8) is 0 Å². The molecule has 1 unspecified atom stereocenters. The Hall–Kier alpha value is -2.44. The summed E-state index contributed by atoms with van der Waals surface area (Å²) >= 11 is 0. The highest BCUT2D eigenvalue weighted by molar-refractivity contribution is 6.03. The zero-order valence-electron chi connectivity index (χ0n) is 10.2. The molecule has 1 aromatic rings. The molecule has 0 radical (unpaired) electrons. The second-order valence-corrected chi connectivity index (χ2v) is 4.25. The van der Waals surface area contributed by atoms with E-state index < -0.39 is 10.8 Å². The van der Waals surface area contributed by atoms with E-state index in [1.807, 2.05) is 0 Å². The first-order valence-electron chi connectivity index (χ1n) is 5.66. The van der Waals surface area contributed by atoms with Gasteiger partial charge < -0.3 is 4.74 Å². The van der Waals surface area contributed by atoms with Crippen LogP contribution in [0.4, 0.5) is 5.69 Å². The molecular weight excluding hydrogens is 252 g/mol. The third-order valence-electron chi connectivity index (χ3n) is 2.97. The lowest BCUT2D eigenvalue weighted by Crippen LogP contribution is -2.27. The molecule has 100 valence electrons. The summed E-state index contributed by atoms with van der Waals surface area (Å²) in [5, 5.41) is 10.5. The highest BCUT2D eigenvalue weighted by Gasteiger charge is 2.36. The lowest BCUT2D eigenvalue weighted by atomic mass is 10.1. The van der Waals surface area contributed by atoms with E-state index in [0.29, 0.717) is 5.75 Å². The minimum absolute atomic E-state index is 0.0285. The molecule has 1 aromatic carbocycles. The molecular formula is C12H12N2O5. The van der Waals surface area contributed by atoms with Crippen LogP contribution in [0.3, 0.4) is 0 Å². The molecule has 1 fully saturated rings. The van der Waals surface area contributed by atoms with Crippen LogP contribution in [0.15, 0.2) is 24.3 Å². The number of non-ortho nitro benzene ring substituents is 1. The molecule has 1 aliphatic heterocycles. The van der Waals surface area contributed by atoms with Gasteiger partial charge in [0.2, 0.25) is 11.8 Å². The Bertz CT molecular complexity index is 525. The average molecular weight is 264 g/mol. The van der Waals surface area contributed by atoms with E-state index in [-0.39, 0.29) is 30.5 Å². The topological polar surface area (TPSA) is 89.8 Å². The predicted molar refractivity (Wildman–Crippen MR) is 64.5 cm³/mol. The smallest absolute Gasteiger partial charge is 0.269 e. The van der Waals surface area contributed by atoms with Crippen molar-refractivity contribution in [2.75, 3.05) is 13.7 Å². The van der Waals surface area contributed by atoms with Crippen LogP contribution in [0.1, 0.15) is 6.42 Å². The normalized spacial score (nSPS) is 18.8. The Balaban J connectivity index is 1.94. The number of carbonyl (C=O) groups is 2. The molecule has 0 aromatic heterocycles. The fourth-order valence-corrected chi connectivity index (χ4v) is 1.82. The number of likely N-dealkylation sites (tertiary alicyclic amines) is 1. The van der Waals surface area contributed by atoms with Gasteiger partial charge in [-0.25, -0.2) is 0 Å². The quantitative estimate of drug-likeness (QED) is 0.459. The maximum Gasteiger partial charge on any atom is 0.269 e. The van der Waals surface area contributed by atoms with Crippen molar-refractivity contribution < 1.29 is 19.2 Å². The molecule has 1 aliphatic rings. The zero-order valence-corrected chi connectivity index (χ0v) is 10.2. The summed E-state index contributed by atoms with van der Waals surface area (Å²) in [7, 11) is 1.44. The molecule has 2 rings (SSSR count). The van der Waals surface area contributed by atoms with Crippen LogP contribution in [-0.2, 0) is 9.59 Å². The first kappa shape index (κ1) is 13.0. The Morgan fingerprint density at radius 2 is 2.00 bits per heavy atom. The Morgan fingerprint density at radius 1 is 1.37 bits per heavy atom.